The van der Waals surface area contributed by atoms with Gasteiger partial charge in [0.25, 0.3) is 0 Å². The maximum absolute atomic E-state index is 12.1. The molecule has 2 amide bonds. The Morgan fingerprint density at radius 1 is 0.969 bits per heavy atom. The van der Waals surface area contributed by atoms with Crippen LogP contribution in [0.1, 0.15) is 12.8 Å². The van der Waals surface area contributed by atoms with E-state index in [1.807, 2.05) is 11.0 Å². The number of hydrogen-bond donors (Lipinski definition) is 3. The van der Waals surface area contributed by atoms with Crippen LogP contribution in [0.4, 0.5) is 16.2 Å². The van der Waals surface area contributed by atoms with Crippen LogP contribution in [0.3, 0.4) is 0 Å². The summed E-state index contributed by atoms with van der Waals surface area (Å²) in [5, 5.41) is 14.3. The number of aliphatic carboxylic acids is 1. The number of para-hydroxylation sites is 1. The molecule has 2 aromatic carbocycles. The molecule has 32 heavy (non-hydrogen) atoms. The van der Waals surface area contributed by atoms with Gasteiger partial charge in [-0.25, -0.2) is 9.59 Å². The summed E-state index contributed by atoms with van der Waals surface area (Å²) in [6.07, 6.45) is -1.10. The zero-order valence-electron chi connectivity index (χ0n) is 17.3. The molecule has 0 radical (unpaired) electrons. The number of benzene rings is 2. The zero-order chi connectivity index (χ0) is 23.3. The maximum Gasteiger partial charge on any atom is 0.413 e. The molecule has 0 aliphatic heterocycles. The van der Waals surface area contributed by atoms with E-state index >= 15 is 0 Å². The van der Waals surface area contributed by atoms with Crippen LogP contribution in [0.2, 0.25) is 0 Å². The van der Waals surface area contributed by atoms with Crippen LogP contribution >= 0.6 is 23.2 Å². The molecule has 1 atom stereocenters. The monoisotopic (exact) mass is 481 g/mol. The number of anilines is 2. The first kappa shape index (κ1) is 25.3. The fourth-order valence-corrected chi connectivity index (χ4v) is 3.26. The van der Waals surface area contributed by atoms with Crippen molar-refractivity contribution in [3.63, 3.8) is 0 Å². The van der Waals surface area contributed by atoms with Crippen molar-refractivity contribution in [2.75, 3.05) is 35.1 Å². The van der Waals surface area contributed by atoms with Gasteiger partial charge in [0.1, 0.15) is 11.8 Å². The second-order valence-corrected chi connectivity index (χ2v) is 7.49. The maximum atomic E-state index is 12.1. The van der Waals surface area contributed by atoms with Gasteiger partial charge < -0.3 is 25.4 Å². The highest BCUT2D eigenvalue weighted by molar-refractivity contribution is 6.18. The second kappa shape index (κ2) is 13.4. The predicted octanol–water partition coefficient (Wildman–Crippen LogP) is 3.93. The highest BCUT2D eigenvalue weighted by Crippen LogP contribution is 2.20. The van der Waals surface area contributed by atoms with E-state index in [1.165, 1.54) is 0 Å². The quantitative estimate of drug-likeness (QED) is 0.396. The SMILES string of the molecule is O=C(CCC(NC(=O)Oc1ccc(N(CCCl)CCCl)cc1)C(=O)O)Nc1ccccc1. The van der Waals surface area contributed by atoms with Crippen LogP contribution in [0, 0.1) is 0 Å². The van der Waals surface area contributed by atoms with Crippen molar-refractivity contribution in [2.45, 2.75) is 18.9 Å². The highest BCUT2D eigenvalue weighted by Gasteiger charge is 2.22. The van der Waals surface area contributed by atoms with Gasteiger partial charge in [-0.05, 0) is 42.8 Å². The number of ether oxygens (including phenoxy) is 1. The summed E-state index contributed by atoms with van der Waals surface area (Å²) in [6.45, 7) is 1.24. The molecule has 0 fully saturated rings. The Labute approximate surface area is 196 Å². The molecule has 2 rings (SSSR count). The Bertz CT molecular complexity index is 875. The summed E-state index contributed by atoms with van der Waals surface area (Å²) in [7, 11) is 0. The molecule has 2 aromatic rings. The number of nitrogens with zero attached hydrogens (tertiary/aromatic N) is 1. The number of carboxylic acid groups (broad SMARTS) is 1. The summed E-state index contributed by atoms with van der Waals surface area (Å²) in [6, 6.07) is 14.2. The third kappa shape index (κ3) is 8.64. The van der Waals surface area contributed by atoms with Crippen molar-refractivity contribution in [1.29, 1.82) is 0 Å². The largest absolute Gasteiger partial charge is 0.480 e. The van der Waals surface area contributed by atoms with Gasteiger partial charge in [0.15, 0.2) is 0 Å². The van der Waals surface area contributed by atoms with Gasteiger partial charge in [0.05, 0.1) is 0 Å². The molecule has 0 aliphatic carbocycles. The molecule has 10 heteroatoms. The van der Waals surface area contributed by atoms with Crippen molar-refractivity contribution < 1.29 is 24.2 Å². The van der Waals surface area contributed by atoms with Crippen LogP contribution in [-0.4, -0.2) is 54.0 Å². The van der Waals surface area contributed by atoms with Gasteiger partial charge in [-0.2, -0.15) is 0 Å². The zero-order valence-corrected chi connectivity index (χ0v) is 18.8. The number of amides is 2. The Kier molecular flexibility index (Phi) is 10.6. The van der Waals surface area contributed by atoms with Gasteiger partial charge >= 0.3 is 12.1 Å². The average Bonchev–Trinajstić information content (AvgIpc) is 2.77. The normalized spacial score (nSPS) is 11.3. The molecule has 1 unspecified atom stereocenters. The molecule has 0 aliphatic rings. The number of nitrogens with one attached hydrogen (secondary N) is 2. The third-order valence-corrected chi connectivity index (χ3v) is 4.77. The Morgan fingerprint density at radius 3 is 2.16 bits per heavy atom. The van der Waals surface area contributed by atoms with Crippen molar-refractivity contribution in [3.05, 3.63) is 54.6 Å². The van der Waals surface area contributed by atoms with Gasteiger partial charge in [0.2, 0.25) is 5.91 Å². The van der Waals surface area contributed by atoms with Crippen molar-refractivity contribution >= 4 is 52.5 Å². The van der Waals surface area contributed by atoms with Crippen LogP contribution < -0.4 is 20.3 Å². The van der Waals surface area contributed by atoms with Gasteiger partial charge in [-0.15, -0.1) is 23.2 Å². The molecule has 0 spiro atoms. The van der Waals surface area contributed by atoms with Crippen LogP contribution in [-0.2, 0) is 9.59 Å². The number of carbonyl (C=O) groups is 3. The fraction of sp³-hybridized carbons (Fsp3) is 0.318. The summed E-state index contributed by atoms with van der Waals surface area (Å²) in [4.78, 5) is 37.6. The molecule has 8 nitrogen and oxygen atoms in total. The lowest BCUT2D eigenvalue weighted by atomic mass is 10.1. The number of rotatable bonds is 12. The van der Waals surface area contributed by atoms with Crippen molar-refractivity contribution in [2.24, 2.45) is 0 Å². The first-order chi connectivity index (χ1) is 15.4. The van der Waals surface area contributed by atoms with Crippen LogP contribution in [0.5, 0.6) is 5.75 Å². The first-order valence-corrected chi connectivity index (χ1v) is 11.0. The molecule has 0 aromatic heterocycles. The molecule has 3 N–H and O–H groups in total. The van der Waals surface area contributed by atoms with E-state index in [4.69, 9.17) is 27.9 Å². The summed E-state index contributed by atoms with van der Waals surface area (Å²) in [5.41, 5.74) is 1.47. The fourth-order valence-electron chi connectivity index (χ4n) is 2.86. The topological polar surface area (TPSA) is 108 Å². The van der Waals surface area contributed by atoms with Crippen molar-refractivity contribution in [1.82, 2.24) is 5.32 Å². The van der Waals surface area contributed by atoms with E-state index in [0.717, 1.165) is 5.69 Å². The molecule has 0 bridgehead atoms. The highest BCUT2D eigenvalue weighted by atomic mass is 35.5. The van der Waals surface area contributed by atoms with E-state index in [0.29, 0.717) is 30.5 Å². The molecule has 0 heterocycles. The second-order valence-electron chi connectivity index (χ2n) is 6.74. The minimum atomic E-state index is -1.27. The molecular formula is C22H25Cl2N3O5. The van der Waals surface area contributed by atoms with Crippen LogP contribution in [0.15, 0.2) is 54.6 Å². The lowest BCUT2D eigenvalue weighted by Crippen LogP contribution is -2.42. The number of alkyl halides is 2. The summed E-state index contributed by atoms with van der Waals surface area (Å²) < 4.78 is 5.17. The minimum Gasteiger partial charge on any atom is -0.480 e. The van der Waals surface area contributed by atoms with Gasteiger partial charge in [-0.1, -0.05) is 18.2 Å². The Hall–Kier alpha value is -2.97. The Balaban J connectivity index is 1.87. The van der Waals surface area contributed by atoms with E-state index in [9.17, 15) is 19.5 Å². The molecule has 172 valence electrons. The first-order valence-electron chi connectivity index (χ1n) is 9.96. The standard InChI is InChI=1S/C22H25Cl2N3O5/c23-12-14-27(15-13-24)17-6-8-18(9-7-17)32-22(31)26-19(21(29)30)10-11-20(28)25-16-4-2-1-3-5-16/h1-9,19H,10-15H2,(H,25,28)(H,26,31)(H,29,30). The minimum absolute atomic E-state index is 0.0855. The number of carbonyl (C=O) groups excluding carboxylic acids is 2. The number of carboxylic acids is 1. The van der Waals surface area contributed by atoms with E-state index in [2.05, 4.69) is 10.6 Å². The molecular weight excluding hydrogens is 457 g/mol. The lowest BCUT2D eigenvalue weighted by Gasteiger charge is -2.23. The van der Waals surface area contributed by atoms with E-state index < -0.39 is 18.1 Å². The Morgan fingerprint density at radius 2 is 1.59 bits per heavy atom. The summed E-state index contributed by atoms with van der Waals surface area (Å²) >= 11 is 11.6. The predicted molar refractivity (Wildman–Crippen MR) is 125 cm³/mol. The van der Waals surface area contributed by atoms with Crippen molar-refractivity contribution in [3.8, 4) is 5.75 Å². The van der Waals surface area contributed by atoms with Crippen LogP contribution in [0.25, 0.3) is 0 Å². The third-order valence-electron chi connectivity index (χ3n) is 4.43. The smallest absolute Gasteiger partial charge is 0.413 e. The molecule has 0 saturated carbocycles. The number of hydrogen-bond acceptors (Lipinski definition) is 5. The van der Waals surface area contributed by atoms with E-state index in [1.54, 1.807) is 48.5 Å². The summed E-state index contributed by atoms with van der Waals surface area (Å²) in [5.74, 6) is -0.488. The average molecular weight is 482 g/mol. The number of halogens is 2. The van der Waals surface area contributed by atoms with Gasteiger partial charge in [-0.3, -0.25) is 4.79 Å². The lowest BCUT2D eigenvalue weighted by molar-refractivity contribution is -0.139. The molecule has 0 saturated heterocycles. The van der Waals surface area contributed by atoms with E-state index in [-0.39, 0.29) is 24.5 Å². The van der Waals surface area contributed by atoms with Gasteiger partial charge in [0, 0.05) is 42.6 Å².